The molecule has 2 aromatic rings. The SMILES string of the molecule is COc1cc2cc(c1Cl)N(C)C(=O)C[C@H](OC(=O)Nc1ccc(NC(=O)CCCCCN3C(=O)CC(C)C3=O)cc1Cl)[C@]1(C)O[C@H]1[C@H](C)[C@@H]1C[C@@](O)(CC(=O)O1)[C@H](OC)/C=C/C=C(\C)C2. The smallest absolute Gasteiger partial charge is 0.412 e. The normalized spacial score (nSPS) is 29.6. The topological polar surface area (TPSA) is 203 Å². The van der Waals surface area contributed by atoms with E-state index in [1.54, 1.807) is 58.2 Å². The van der Waals surface area contributed by atoms with Crippen molar-refractivity contribution < 1.29 is 57.6 Å². The number of rotatable bonds is 11. The number of nitrogens with one attached hydrogen (secondary N) is 2. The highest BCUT2D eigenvalue weighted by Crippen LogP contribution is 2.50. The van der Waals surface area contributed by atoms with Crippen molar-refractivity contribution in [2.24, 2.45) is 11.8 Å². The second kappa shape index (κ2) is 20.7. The maximum atomic E-state index is 14.2. The molecule has 18 heteroatoms. The minimum Gasteiger partial charge on any atom is -0.495 e. The standard InChI is InChI=1S/C47H58Cl2N4O12/c1-26-12-11-13-36(62-7)47(60)24-35(63-41(57)25-47)28(3)43-46(4,65-43)37(23-39(55)52(5)33-20-29(18-26)21-34(61-6)42(33)49)64-45(59)51-32-16-15-30(22-31(32)48)50-38(54)14-9-8-10-17-53-40(56)19-27(2)44(53)58/h11-13,15-16,20-22,27-28,35-37,43,60H,8-10,14,17-19,23-25H2,1-7H3,(H,50,54)(H,51,59)/b13-11+,26-12+/t27?,28-,35+,36-,37+,43+,46+,47-/m1/s1. The number of methoxy groups -OCH3 is 2. The zero-order valence-electron chi connectivity index (χ0n) is 37.7. The van der Waals surface area contributed by atoms with Crippen molar-refractivity contribution in [3.05, 3.63) is 69.7 Å². The van der Waals surface area contributed by atoms with E-state index in [0.717, 1.165) is 11.1 Å². The first-order valence-corrected chi connectivity index (χ1v) is 22.5. The highest BCUT2D eigenvalue weighted by Gasteiger charge is 2.64. The van der Waals surface area contributed by atoms with Crippen LogP contribution in [-0.2, 0) is 49.3 Å². The Bertz CT molecular complexity index is 2250. The summed E-state index contributed by atoms with van der Waals surface area (Å²) < 4.78 is 29.4. The predicted molar refractivity (Wildman–Crippen MR) is 243 cm³/mol. The number of anilines is 3. The molecule has 5 amide bonds. The van der Waals surface area contributed by atoms with Gasteiger partial charge in [-0.25, -0.2) is 4.79 Å². The Kier molecular flexibility index (Phi) is 15.7. The van der Waals surface area contributed by atoms with Gasteiger partial charge in [-0.2, -0.15) is 0 Å². The van der Waals surface area contributed by atoms with Gasteiger partial charge in [0.05, 0.1) is 42.5 Å². The predicted octanol–water partition coefficient (Wildman–Crippen LogP) is 7.17. The number of benzene rings is 2. The molecule has 0 saturated carbocycles. The number of fused-ring (bicyclic) bond motifs is 5. The molecule has 4 aliphatic rings. The van der Waals surface area contributed by atoms with Crippen LogP contribution in [0.25, 0.3) is 0 Å². The van der Waals surface area contributed by atoms with E-state index in [-0.39, 0.29) is 71.5 Å². The van der Waals surface area contributed by atoms with Crippen molar-refractivity contribution in [3.8, 4) is 5.75 Å². The number of nitrogens with zero attached hydrogens (tertiary/aromatic N) is 2. The molecule has 3 N–H and O–H groups in total. The average molecular weight is 942 g/mol. The number of imide groups is 1. The fraction of sp³-hybridized carbons (Fsp3) is 0.532. The average Bonchev–Trinajstić information content (AvgIpc) is 3.88. The van der Waals surface area contributed by atoms with Gasteiger partial charge >= 0.3 is 12.1 Å². The molecular formula is C47H58Cl2N4O12. The molecule has 8 atom stereocenters. The van der Waals surface area contributed by atoms with Gasteiger partial charge < -0.3 is 39.0 Å². The van der Waals surface area contributed by atoms with Gasteiger partial charge in [0, 0.05) is 57.5 Å². The fourth-order valence-corrected chi connectivity index (χ4v) is 9.40. The summed E-state index contributed by atoms with van der Waals surface area (Å²) in [7, 11) is 4.50. The van der Waals surface area contributed by atoms with E-state index >= 15 is 0 Å². The van der Waals surface area contributed by atoms with Gasteiger partial charge in [0.2, 0.25) is 23.6 Å². The number of hydrogen-bond donors (Lipinski definition) is 3. The molecule has 4 aliphatic heterocycles. The van der Waals surface area contributed by atoms with E-state index in [4.69, 9.17) is 46.9 Å². The van der Waals surface area contributed by atoms with Crippen molar-refractivity contribution >= 4 is 76.0 Å². The third-order valence-corrected chi connectivity index (χ3v) is 13.4. The lowest BCUT2D eigenvalue weighted by Crippen LogP contribution is -2.53. The first-order valence-electron chi connectivity index (χ1n) is 21.8. The summed E-state index contributed by atoms with van der Waals surface area (Å²) in [6.07, 6.45) is 2.86. The Balaban J connectivity index is 1.18. The molecule has 0 radical (unpaired) electrons. The molecule has 2 aromatic carbocycles. The highest BCUT2D eigenvalue weighted by molar-refractivity contribution is 6.35. The molecule has 6 rings (SSSR count). The number of esters is 1. The monoisotopic (exact) mass is 940 g/mol. The zero-order valence-corrected chi connectivity index (χ0v) is 39.3. The number of aliphatic hydroxyl groups is 1. The molecule has 4 bridgehead atoms. The van der Waals surface area contributed by atoms with Gasteiger partial charge in [0.15, 0.2) is 0 Å². The molecule has 0 aromatic heterocycles. The molecule has 16 nitrogen and oxygen atoms in total. The second-order valence-electron chi connectivity index (χ2n) is 17.7. The molecule has 1 unspecified atom stereocenters. The number of halogens is 2. The number of amides is 5. The van der Waals surface area contributed by atoms with Crippen molar-refractivity contribution in [2.45, 2.75) is 121 Å². The molecule has 0 spiro atoms. The van der Waals surface area contributed by atoms with Crippen molar-refractivity contribution in [3.63, 3.8) is 0 Å². The summed E-state index contributed by atoms with van der Waals surface area (Å²) in [6.45, 7) is 7.50. The maximum absolute atomic E-state index is 14.2. The number of carbonyl (C=O) groups excluding carboxylic acids is 6. The summed E-state index contributed by atoms with van der Waals surface area (Å²) in [5.74, 6) is -2.13. The van der Waals surface area contributed by atoms with E-state index in [1.165, 1.54) is 36.2 Å². The lowest BCUT2D eigenvalue weighted by molar-refractivity contribution is -0.187. The first kappa shape index (κ1) is 49.4. The third kappa shape index (κ3) is 11.5. The van der Waals surface area contributed by atoms with Crippen LogP contribution in [0.5, 0.6) is 5.75 Å². The van der Waals surface area contributed by atoms with Crippen LogP contribution in [0.4, 0.5) is 21.9 Å². The molecule has 0 aliphatic carbocycles. The minimum absolute atomic E-state index is 0.0266. The lowest BCUT2D eigenvalue weighted by Gasteiger charge is -2.41. The van der Waals surface area contributed by atoms with E-state index < -0.39 is 59.5 Å². The molecule has 4 heterocycles. The van der Waals surface area contributed by atoms with Crippen LogP contribution in [0.3, 0.4) is 0 Å². The maximum Gasteiger partial charge on any atom is 0.412 e. The quantitative estimate of drug-likeness (QED) is 0.0889. The van der Waals surface area contributed by atoms with Gasteiger partial charge in [-0.3, -0.25) is 34.2 Å². The Morgan fingerprint density at radius 2 is 1.75 bits per heavy atom. The molecule has 65 heavy (non-hydrogen) atoms. The summed E-state index contributed by atoms with van der Waals surface area (Å²) >= 11 is 13.4. The highest BCUT2D eigenvalue weighted by atomic mass is 35.5. The van der Waals surface area contributed by atoms with Gasteiger partial charge in [-0.1, -0.05) is 67.3 Å². The van der Waals surface area contributed by atoms with Crippen LogP contribution in [0.2, 0.25) is 10.0 Å². The van der Waals surface area contributed by atoms with Gasteiger partial charge in [0.1, 0.15) is 40.3 Å². The van der Waals surface area contributed by atoms with E-state index in [2.05, 4.69) is 10.6 Å². The number of epoxide rings is 1. The fourth-order valence-electron chi connectivity index (χ4n) is 8.86. The van der Waals surface area contributed by atoms with Crippen LogP contribution in [0.1, 0.15) is 84.6 Å². The summed E-state index contributed by atoms with van der Waals surface area (Å²) in [6, 6.07) is 8.10. The summed E-state index contributed by atoms with van der Waals surface area (Å²) in [5.41, 5.74) is -0.238. The van der Waals surface area contributed by atoms with E-state index in [1.807, 2.05) is 13.0 Å². The number of allylic oxidation sites excluding steroid dienone is 3. The summed E-state index contributed by atoms with van der Waals surface area (Å²) in [5, 5.41) is 17.6. The zero-order chi connectivity index (χ0) is 47.4. The minimum atomic E-state index is -1.61. The van der Waals surface area contributed by atoms with E-state index in [0.29, 0.717) is 49.4 Å². The first-order chi connectivity index (χ1) is 30.8. The van der Waals surface area contributed by atoms with Crippen LogP contribution in [0, 0.1) is 11.8 Å². The Morgan fingerprint density at radius 3 is 2.43 bits per heavy atom. The Hall–Kier alpha value is -5.00. The molecule has 3 fully saturated rings. The Morgan fingerprint density at radius 1 is 1.00 bits per heavy atom. The second-order valence-corrected chi connectivity index (χ2v) is 18.5. The van der Waals surface area contributed by atoms with Gasteiger partial charge in [0.25, 0.3) is 0 Å². The van der Waals surface area contributed by atoms with Crippen LogP contribution in [0.15, 0.2) is 54.1 Å². The number of ether oxygens (including phenoxy) is 5. The van der Waals surface area contributed by atoms with Crippen molar-refractivity contribution in [2.75, 3.05) is 43.3 Å². The van der Waals surface area contributed by atoms with Crippen LogP contribution >= 0.6 is 23.2 Å². The molecule has 352 valence electrons. The largest absolute Gasteiger partial charge is 0.495 e. The number of likely N-dealkylation sites (tertiary alicyclic amines) is 1. The van der Waals surface area contributed by atoms with Gasteiger partial charge in [-0.05, 0) is 69.0 Å². The Labute approximate surface area is 388 Å². The molecular weight excluding hydrogens is 883 g/mol. The van der Waals surface area contributed by atoms with Gasteiger partial charge in [-0.15, -0.1) is 0 Å². The summed E-state index contributed by atoms with van der Waals surface area (Å²) in [4.78, 5) is 80.6. The van der Waals surface area contributed by atoms with Crippen LogP contribution < -0.4 is 20.3 Å². The number of carbonyl (C=O) groups is 6. The molecule has 3 saturated heterocycles. The van der Waals surface area contributed by atoms with Crippen molar-refractivity contribution in [1.29, 1.82) is 0 Å². The van der Waals surface area contributed by atoms with Crippen molar-refractivity contribution in [1.82, 2.24) is 4.90 Å². The number of hydrogen-bond acceptors (Lipinski definition) is 12. The lowest BCUT2D eigenvalue weighted by atomic mass is 9.78. The van der Waals surface area contributed by atoms with Crippen LogP contribution in [-0.4, -0.2) is 109 Å². The number of unbranched alkanes of at least 4 members (excludes halogenated alkanes) is 2. The van der Waals surface area contributed by atoms with E-state index in [9.17, 15) is 33.9 Å². The third-order valence-electron chi connectivity index (χ3n) is 12.7.